The van der Waals surface area contributed by atoms with E-state index in [0.717, 1.165) is 12.3 Å². The van der Waals surface area contributed by atoms with Crippen LogP contribution in [0.15, 0.2) is 49.1 Å². The van der Waals surface area contributed by atoms with Gasteiger partial charge in [0.25, 0.3) is 0 Å². The van der Waals surface area contributed by atoms with Crippen LogP contribution in [0.4, 0.5) is 24.8 Å². The molecule has 0 aliphatic rings. The highest BCUT2D eigenvalue weighted by Gasteiger charge is 2.30. The zero-order valence-corrected chi connectivity index (χ0v) is 16.8. The highest BCUT2D eigenvalue weighted by molar-refractivity contribution is 6.33. The van der Waals surface area contributed by atoms with Crippen molar-refractivity contribution >= 4 is 34.0 Å². The molecule has 0 fully saturated rings. The van der Waals surface area contributed by atoms with E-state index in [-0.39, 0.29) is 16.7 Å². The zero-order chi connectivity index (χ0) is 22.9. The molecule has 1 atom stereocenters. The van der Waals surface area contributed by atoms with Crippen LogP contribution < -0.4 is 5.32 Å². The summed E-state index contributed by atoms with van der Waals surface area (Å²) < 4.78 is 38.1. The summed E-state index contributed by atoms with van der Waals surface area (Å²) in [5, 5.41) is 30.9. The Balaban J connectivity index is 1.64. The number of fused-ring (bicyclic) bond motifs is 1. The van der Waals surface area contributed by atoms with Crippen LogP contribution in [-0.4, -0.2) is 42.0 Å². The van der Waals surface area contributed by atoms with E-state index in [4.69, 9.17) is 16.7 Å². The number of pyridine rings is 3. The van der Waals surface area contributed by atoms with Crippen LogP contribution in [0.2, 0.25) is 5.02 Å². The molecule has 4 rings (SSSR count). The van der Waals surface area contributed by atoms with Gasteiger partial charge in [0.2, 0.25) is 0 Å². The summed E-state index contributed by atoms with van der Waals surface area (Å²) in [6, 6.07) is 5.27. The molecule has 164 valence electrons. The predicted octanol–water partition coefficient (Wildman–Crippen LogP) is 3.92. The third-order valence-corrected chi connectivity index (χ3v) is 4.83. The first-order valence-corrected chi connectivity index (χ1v) is 9.50. The maximum atomic E-state index is 12.7. The molecule has 0 aliphatic carbocycles. The number of hydrogen-bond acceptors (Lipinski definition) is 8. The van der Waals surface area contributed by atoms with Crippen LogP contribution in [0.5, 0.6) is 0 Å². The van der Waals surface area contributed by atoms with Gasteiger partial charge in [-0.15, -0.1) is 5.10 Å². The van der Waals surface area contributed by atoms with Gasteiger partial charge in [-0.1, -0.05) is 11.6 Å². The number of nitrogens with one attached hydrogen (secondary N) is 1. The normalized spacial score (nSPS) is 12.7. The van der Waals surface area contributed by atoms with Crippen molar-refractivity contribution in [3.8, 4) is 11.4 Å². The van der Waals surface area contributed by atoms with Gasteiger partial charge in [-0.25, -0.2) is 4.98 Å². The quantitative estimate of drug-likeness (QED) is 0.408. The fourth-order valence-electron chi connectivity index (χ4n) is 2.89. The van der Waals surface area contributed by atoms with Gasteiger partial charge < -0.3 is 15.5 Å². The molecule has 12 heteroatoms. The predicted molar refractivity (Wildman–Crippen MR) is 110 cm³/mol. The van der Waals surface area contributed by atoms with Crippen molar-refractivity contribution < 1.29 is 23.4 Å². The highest BCUT2D eigenvalue weighted by atomic mass is 35.5. The molecule has 3 N–H and O–H groups in total. The van der Waals surface area contributed by atoms with Crippen molar-refractivity contribution in [1.82, 2.24) is 25.1 Å². The molecule has 0 aliphatic heterocycles. The van der Waals surface area contributed by atoms with Gasteiger partial charge in [-0.2, -0.15) is 18.3 Å². The number of anilines is 2. The highest BCUT2D eigenvalue weighted by Crippen LogP contribution is 2.31. The fraction of sp³-hybridized carbons (Fsp3) is 0.150. The largest absolute Gasteiger partial charge is 0.417 e. The lowest BCUT2D eigenvalue weighted by atomic mass is 10.1. The first-order valence-electron chi connectivity index (χ1n) is 9.12. The summed E-state index contributed by atoms with van der Waals surface area (Å²) in [6.07, 6.45) is -0.468. The summed E-state index contributed by atoms with van der Waals surface area (Å²) in [5.41, 5.74) is 0.293. The average Bonchev–Trinajstić information content (AvgIpc) is 2.78. The van der Waals surface area contributed by atoms with Gasteiger partial charge in [0, 0.05) is 34.9 Å². The topological polar surface area (TPSA) is 117 Å². The van der Waals surface area contributed by atoms with Crippen LogP contribution in [0.1, 0.15) is 17.2 Å². The SMILES string of the molecule is OC[C@@H](O)c1cnc(-c2cc3cnnc(Nc4ccc(C(F)(F)F)cn4)c3cn2)c(Cl)c1. The third-order valence-electron chi connectivity index (χ3n) is 4.55. The van der Waals surface area contributed by atoms with E-state index >= 15 is 0 Å². The van der Waals surface area contributed by atoms with Gasteiger partial charge >= 0.3 is 6.18 Å². The molecule has 0 unspecified atom stereocenters. The van der Waals surface area contributed by atoms with Crippen LogP contribution in [0.25, 0.3) is 22.2 Å². The Labute approximate surface area is 183 Å². The minimum Gasteiger partial charge on any atom is -0.393 e. The van der Waals surface area contributed by atoms with Crippen LogP contribution in [0, 0.1) is 0 Å². The van der Waals surface area contributed by atoms with Gasteiger partial charge in [-0.05, 0) is 24.3 Å². The summed E-state index contributed by atoms with van der Waals surface area (Å²) in [5.74, 6) is 0.417. The van der Waals surface area contributed by atoms with E-state index in [1.54, 1.807) is 6.07 Å². The molecule has 0 radical (unpaired) electrons. The van der Waals surface area contributed by atoms with Crippen molar-refractivity contribution in [3.63, 3.8) is 0 Å². The van der Waals surface area contributed by atoms with Crippen LogP contribution in [0.3, 0.4) is 0 Å². The van der Waals surface area contributed by atoms with Crippen LogP contribution in [-0.2, 0) is 6.18 Å². The molecule has 4 aromatic rings. The molecule has 0 aromatic carbocycles. The first kappa shape index (κ1) is 21.8. The van der Waals surface area contributed by atoms with Crippen molar-refractivity contribution in [3.05, 3.63) is 65.2 Å². The number of hydrogen-bond donors (Lipinski definition) is 3. The molecule has 0 bridgehead atoms. The standard InChI is InChI=1S/C20H14ClF3N6O2/c21-14-3-11(16(32)9-31)5-27-18(14)15-4-10-6-28-30-19(13(10)8-25-15)29-17-2-1-12(7-26-17)20(22,23)24/h1-8,16,31-32H,9H2,(H,26,29,30)/t16-/m1/s1. The van der Waals surface area contributed by atoms with E-state index in [1.807, 2.05) is 0 Å². The number of aliphatic hydroxyl groups excluding tert-OH is 2. The van der Waals surface area contributed by atoms with E-state index in [0.29, 0.717) is 27.7 Å². The minimum atomic E-state index is -4.48. The van der Waals surface area contributed by atoms with Crippen molar-refractivity contribution in [1.29, 1.82) is 0 Å². The third kappa shape index (κ3) is 4.44. The Morgan fingerprint density at radius 3 is 2.50 bits per heavy atom. The lowest BCUT2D eigenvalue weighted by molar-refractivity contribution is -0.137. The molecule has 8 nitrogen and oxygen atoms in total. The van der Waals surface area contributed by atoms with Gasteiger partial charge in [0.15, 0.2) is 5.82 Å². The molecule has 0 amide bonds. The molecule has 0 saturated carbocycles. The number of alkyl halides is 3. The second-order valence-electron chi connectivity index (χ2n) is 6.70. The summed E-state index contributed by atoms with van der Waals surface area (Å²) >= 11 is 6.28. The number of aliphatic hydroxyl groups is 2. The monoisotopic (exact) mass is 462 g/mol. The van der Waals surface area contributed by atoms with Gasteiger partial charge in [0.05, 0.1) is 29.1 Å². The molecular formula is C20H14ClF3N6O2. The number of halogens is 4. The Kier molecular flexibility index (Phi) is 5.87. The number of aromatic nitrogens is 5. The lowest BCUT2D eigenvalue weighted by Crippen LogP contribution is -2.06. The summed E-state index contributed by atoms with van der Waals surface area (Å²) in [7, 11) is 0. The fourth-order valence-corrected chi connectivity index (χ4v) is 3.16. The molecule has 0 spiro atoms. The van der Waals surface area contributed by atoms with E-state index in [2.05, 4.69) is 30.5 Å². The van der Waals surface area contributed by atoms with E-state index in [9.17, 15) is 18.3 Å². The minimum absolute atomic E-state index is 0.159. The van der Waals surface area contributed by atoms with Crippen molar-refractivity contribution in [2.75, 3.05) is 11.9 Å². The molecule has 0 saturated heterocycles. The average molecular weight is 463 g/mol. The molecular weight excluding hydrogens is 449 g/mol. The Bertz CT molecular complexity index is 1270. The molecule has 32 heavy (non-hydrogen) atoms. The van der Waals surface area contributed by atoms with Gasteiger partial charge in [0.1, 0.15) is 17.6 Å². The Hall–Kier alpha value is -3.41. The first-order chi connectivity index (χ1) is 15.3. The second kappa shape index (κ2) is 8.61. The summed E-state index contributed by atoms with van der Waals surface area (Å²) in [4.78, 5) is 12.3. The molecule has 4 heterocycles. The van der Waals surface area contributed by atoms with Crippen molar-refractivity contribution in [2.24, 2.45) is 0 Å². The maximum Gasteiger partial charge on any atom is 0.417 e. The lowest BCUT2D eigenvalue weighted by Gasteiger charge is -2.11. The van der Waals surface area contributed by atoms with Crippen LogP contribution >= 0.6 is 11.6 Å². The van der Waals surface area contributed by atoms with Gasteiger partial charge in [-0.3, -0.25) is 9.97 Å². The van der Waals surface area contributed by atoms with Crippen molar-refractivity contribution in [2.45, 2.75) is 12.3 Å². The maximum absolute atomic E-state index is 12.7. The second-order valence-corrected chi connectivity index (χ2v) is 7.11. The number of rotatable bonds is 5. The van der Waals surface area contributed by atoms with E-state index in [1.165, 1.54) is 30.7 Å². The smallest absolute Gasteiger partial charge is 0.393 e. The zero-order valence-electron chi connectivity index (χ0n) is 16.0. The number of nitrogens with zero attached hydrogens (tertiary/aromatic N) is 5. The molecule has 4 aromatic heterocycles. The Morgan fingerprint density at radius 2 is 1.84 bits per heavy atom. The Morgan fingerprint density at radius 1 is 1.03 bits per heavy atom. The van der Waals surface area contributed by atoms with E-state index < -0.39 is 24.5 Å². The summed E-state index contributed by atoms with van der Waals surface area (Å²) in [6.45, 7) is -0.464.